The lowest BCUT2D eigenvalue weighted by Gasteiger charge is -2.22. The average molecular weight is 419 g/mol. The van der Waals surface area contributed by atoms with Crippen LogP contribution in [0.3, 0.4) is 0 Å². The molecule has 0 bridgehead atoms. The lowest BCUT2D eigenvalue weighted by Crippen LogP contribution is -2.23. The van der Waals surface area contributed by atoms with Gasteiger partial charge in [0.05, 0.1) is 18.2 Å². The molecule has 1 aliphatic heterocycles. The molecule has 0 aliphatic carbocycles. The quantitative estimate of drug-likeness (QED) is 0.376. The minimum absolute atomic E-state index is 0.354. The first-order valence-electron chi connectivity index (χ1n) is 10.4. The number of halogens is 1. The Balaban J connectivity index is 0.00000145. The smallest absolute Gasteiger partial charge is 0.160 e. The van der Waals surface area contributed by atoms with E-state index in [1.165, 1.54) is 5.56 Å². The van der Waals surface area contributed by atoms with E-state index < -0.39 is 0 Å². The van der Waals surface area contributed by atoms with Gasteiger partial charge in [0.25, 0.3) is 0 Å². The van der Waals surface area contributed by atoms with E-state index in [0.717, 1.165) is 42.6 Å². The number of carbonyl (C=O) groups is 1. The van der Waals surface area contributed by atoms with Crippen LogP contribution in [-0.2, 0) is 11.2 Å². The molecule has 0 fully saturated rings. The van der Waals surface area contributed by atoms with E-state index in [9.17, 15) is 4.79 Å². The molecule has 0 N–H and O–H groups in total. The first kappa shape index (κ1) is 23.1. The average Bonchev–Trinajstić information content (AvgIpc) is 2.75. The summed E-state index contributed by atoms with van der Waals surface area (Å²) in [6, 6.07) is 11.7. The van der Waals surface area contributed by atoms with Gasteiger partial charge in [0.1, 0.15) is 17.2 Å². The number of carbonyl (C=O) groups excluding carboxylic acids is 1. The molecular weight excluding hydrogens is 388 g/mol. The molecule has 0 aromatic heterocycles. The van der Waals surface area contributed by atoms with Crippen molar-refractivity contribution in [3.05, 3.63) is 52.5 Å². The van der Waals surface area contributed by atoms with Crippen LogP contribution in [0.4, 0.5) is 0 Å². The third kappa shape index (κ3) is 6.67. The Labute approximate surface area is 179 Å². The predicted molar refractivity (Wildman–Crippen MR) is 118 cm³/mol. The highest BCUT2D eigenvalue weighted by Gasteiger charge is 2.19. The Morgan fingerprint density at radius 3 is 2.59 bits per heavy atom. The third-order valence-electron chi connectivity index (χ3n) is 4.60. The van der Waals surface area contributed by atoms with E-state index in [-0.39, 0.29) is 6.10 Å². The maximum atomic E-state index is 10.9. The molecule has 0 amide bonds. The highest BCUT2D eigenvalue weighted by molar-refractivity contribution is 6.32. The van der Waals surface area contributed by atoms with Crippen molar-refractivity contribution < 1.29 is 19.0 Å². The number of fused-ring (bicyclic) bond motifs is 1. The molecule has 1 aliphatic rings. The number of aldehydes is 1. The van der Waals surface area contributed by atoms with Crippen molar-refractivity contribution in [1.29, 1.82) is 0 Å². The lowest BCUT2D eigenvalue weighted by atomic mass is 10.0. The molecule has 0 spiro atoms. The molecule has 4 nitrogen and oxygen atoms in total. The van der Waals surface area contributed by atoms with Gasteiger partial charge in [0, 0.05) is 12.5 Å². The fourth-order valence-electron chi connectivity index (χ4n) is 2.98. The van der Waals surface area contributed by atoms with Crippen LogP contribution in [0.2, 0.25) is 5.02 Å². The van der Waals surface area contributed by atoms with Gasteiger partial charge < -0.3 is 14.2 Å². The number of ether oxygens (including phenoxy) is 3. The summed E-state index contributed by atoms with van der Waals surface area (Å²) >= 11 is 6.28. The zero-order valence-electron chi connectivity index (χ0n) is 17.7. The molecule has 29 heavy (non-hydrogen) atoms. The van der Waals surface area contributed by atoms with Crippen molar-refractivity contribution in [1.82, 2.24) is 0 Å². The van der Waals surface area contributed by atoms with Gasteiger partial charge in [-0.3, -0.25) is 4.79 Å². The standard InChI is InChI=1S/C22H25ClO4.C2H6/c1-15(2)17-6-9-21(20(23)12-17)26-11-3-10-25-18-7-4-16-5-8-19(14-24)27-22(16)13-18;1-2/h4,6-7,9,12-15,19H,3,5,8,10-11H2,1-2H3;1-2H3. The minimum atomic E-state index is -0.354. The van der Waals surface area contributed by atoms with Gasteiger partial charge in [0.15, 0.2) is 12.4 Å². The summed E-state index contributed by atoms with van der Waals surface area (Å²) < 4.78 is 17.2. The SMILES string of the molecule is CC.CC(C)c1ccc(OCCCOc2ccc3c(c2)OC(C=O)CC3)c(Cl)c1. The van der Waals surface area contributed by atoms with Crippen LogP contribution < -0.4 is 14.2 Å². The largest absolute Gasteiger partial charge is 0.493 e. The van der Waals surface area contributed by atoms with Crippen LogP contribution in [0.25, 0.3) is 0 Å². The maximum absolute atomic E-state index is 10.9. The minimum Gasteiger partial charge on any atom is -0.493 e. The molecule has 1 heterocycles. The summed E-state index contributed by atoms with van der Waals surface area (Å²) in [5, 5.41) is 0.638. The predicted octanol–water partition coefficient (Wildman–Crippen LogP) is 6.23. The number of hydrogen-bond donors (Lipinski definition) is 0. The van der Waals surface area contributed by atoms with E-state index in [2.05, 4.69) is 13.8 Å². The summed E-state index contributed by atoms with van der Waals surface area (Å²) in [6.07, 6.45) is 2.81. The molecule has 0 radical (unpaired) electrons. The van der Waals surface area contributed by atoms with Crippen molar-refractivity contribution in [2.24, 2.45) is 0 Å². The van der Waals surface area contributed by atoms with Crippen molar-refractivity contribution in [2.75, 3.05) is 13.2 Å². The third-order valence-corrected chi connectivity index (χ3v) is 4.90. The topological polar surface area (TPSA) is 44.8 Å². The Bertz CT molecular complexity index is 788. The van der Waals surface area contributed by atoms with Crippen LogP contribution in [0.5, 0.6) is 17.2 Å². The second-order valence-electron chi connectivity index (χ2n) is 7.00. The lowest BCUT2D eigenvalue weighted by molar-refractivity contribution is -0.114. The van der Waals surface area contributed by atoms with Gasteiger partial charge >= 0.3 is 0 Å². The molecule has 0 saturated carbocycles. The first-order valence-corrected chi connectivity index (χ1v) is 10.7. The number of benzene rings is 2. The number of hydrogen-bond acceptors (Lipinski definition) is 4. The first-order chi connectivity index (χ1) is 14.1. The highest BCUT2D eigenvalue weighted by atomic mass is 35.5. The van der Waals surface area contributed by atoms with Crippen LogP contribution in [-0.4, -0.2) is 25.6 Å². The van der Waals surface area contributed by atoms with Gasteiger partial charge in [-0.2, -0.15) is 0 Å². The van der Waals surface area contributed by atoms with E-state index in [0.29, 0.717) is 29.9 Å². The van der Waals surface area contributed by atoms with Crippen LogP contribution in [0.1, 0.15) is 57.6 Å². The number of aryl methyl sites for hydroxylation is 1. The Morgan fingerprint density at radius 2 is 1.90 bits per heavy atom. The zero-order chi connectivity index (χ0) is 21.2. The monoisotopic (exact) mass is 418 g/mol. The molecule has 1 unspecified atom stereocenters. The molecule has 3 rings (SSSR count). The van der Waals surface area contributed by atoms with Crippen LogP contribution in [0, 0.1) is 0 Å². The van der Waals surface area contributed by atoms with E-state index in [1.54, 1.807) is 0 Å². The number of rotatable bonds is 8. The van der Waals surface area contributed by atoms with Gasteiger partial charge in [-0.25, -0.2) is 0 Å². The fraction of sp³-hybridized carbons (Fsp3) is 0.458. The van der Waals surface area contributed by atoms with E-state index in [1.807, 2.05) is 50.2 Å². The summed E-state index contributed by atoms with van der Waals surface area (Å²) in [6.45, 7) is 9.32. The van der Waals surface area contributed by atoms with Crippen molar-refractivity contribution >= 4 is 17.9 Å². The Kier molecular flexibility index (Phi) is 9.33. The molecule has 2 aromatic rings. The molecule has 158 valence electrons. The van der Waals surface area contributed by atoms with Crippen molar-refractivity contribution in [3.63, 3.8) is 0 Å². The second kappa shape index (κ2) is 11.7. The van der Waals surface area contributed by atoms with Gasteiger partial charge in [-0.1, -0.05) is 51.4 Å². The molecule has 5 heteroatoms. The van der Waals surface area contributed by atoms with Gasteiger partial charge in [0.2, 0.25) is 0 Å². The molecule has 2 aromatic carbocycles. The summed E-state index contributed by atoms with van der Waals surface area (Å²) in [7, 11) is 0. The maximum Gasteiger partial charge on any atom is 0.160 e. The fourth-order valence-corrected chi connectivity index (χ4v) is 3.22. The zero-order valence-corrected chi connectivity index (χ0v) is 18.5. The molecular formula is C24H31ClO4. The Morgan fingerprint density at radius 1 is 1.14 bits per heavy atom. The normalized spacial score (nSPS) is 14.9. The molecule has 1 atom stereocenters. The Hall–Kier alpha value is -2.20. The summed E-state index contributed by atoms with van der Waals surface area (Å²) in [4.78, 5) is 10.9. The van der Waals surface area contributed by atoms with Gasteiger partial charge in [-0.15, -0.1) is 0 Å². The molecule has 0 saturated heterocycles. The van der Waals surface area contributed by atoms with Crippen LogP contribution in [0.15, 0.2) is 36.4 Å². The van der Waals surface area contributed by atoms with Crippen LogP contribution >= 0.6 is 11.6 Å². The highest BCUT2D eigenvalue weighted by Crippen LogP contribution is 2.31. The van der Waals surface area contributed by atoms with E-state index in [4.69, 9.17) is 25.8 Å². The summed E-state index contributed by atoms with van der Waals surface area (Å²) in [5.41, 5.74) is 2.31. The van der Waals surface area contributed by atoms with Gasteiger partial charge in [-0.05, 0) is 48.1 Å². The van der Waals surface area contributed by atoms with E-state index >= 15 is 0 Å². The second-order valence-corrected chi connectivity index (χ2v) is 7.40. The summed E-state index contributed by atoms with van der Waals surface area (Å²) in [5.74, 6) is 2.61. The van der Waals surface area contributed by atoms with Crippen molar-refractivity contribution in [3.8, 4) is 17.2 Å². The van der Waals surface area contributed by atoms with Crippen molar-refractivity contribution in [2.45, 2.75) is 59.0 Å².